The van der Waals surface area contributed by atoms with Crippen LogP contribution in [0.3, 0.4) is 0 Å². The third kappa shape index (κ3) is 5.54. The number of ether oxygens (including phenoxy) is 2. The molecule has 0 fully saturated rings. The molecule has 0 heterocycles. The number of anilines is 1. The zero-order valence-electron chi connectivity index (χ0n) is 14.5. The molecule has 0 aliphatic carbocycles. The molecule has 1 amide bonds. The molecule has 0 bridgehead atoms. The molecule has 0 radical (unpaired) electrons. The highest BCUT2D eigenvalue weighted by Gasteiger charge is 2.10. The molecule has 2 rings (SSSR count). The van der Waals surface area contributed by atoms with E-state index in [1.165, 1.54) is 0 Å². The summed E-state index contributed by atoms with van der Waals surface area (Å²) in [6, 6.07) is 14.7. The van der Waals surface area contributed by atoms with Gasteiger partial charge in [-0.05, 0) is 50.1 Å². The molecule has 0 unspecified atom stereocenters. The summed E-state index contributed by atoms with van der Waals surface area (Å²) in [7, 11) is 0. The van der Waals surface area contributed by atoms with Crippen molar-refractivity contribution < 1.29 is 14.3 Å². The Balaban J connectivity index is 2.00. The number of hydrogen-bond donors (Lipinski definition) is 1. The topological polar surface area (TPSA) is 71.3 Å². The van der Waals surface area contributed by atoms with Gasteiger partial charge in [0.1, 0.15) is 11.5 Å². The molecule has 5 nitrogen and oxygen atoms in total. The standard InChI is InChI=1S/C20H22N2O3/c1-3-24-17-10-11-19(25-4-2)18(13-17)22-20(23)12-9-15-5-7-16(14-21)8-6-15/h5-8,10-11,13H,3-4,9,12H2,1-2H3,(H,22,23). The molecule has 0 aromatic heterocycles. The summed E-state index contributed by atoms with van der Waals surface area (Å²) in [6.07, 6.45) is 0.947. The second-order valence-electron chi connectivity index (χ2n) is 5.38. The first-order valence-electron chi connectivity index (χ1n) is 8.34. The van der Waals surface area contributed by atoms with Crippen LogP contribution in [-0.2, 0) is 11.2 Å². The summed E-state index contributed by atoms with van der Waals surface area (Å²) in [5, 5.41) is 11.7. The number of carbonyl (C=O) groups excluding carboxylic acids is 1. The maximum atomic E-state index is 12.3. The number of nitrogens with one attached hydrogen (secondary N) is 1. The third-order valence-corrected chi connectivity index (χ3v) is 3.56. The number of amides is 1. The van der Waals surface area contributed by atoms with Crippen LogP contribution in [0.1, 0.15) is 31.4 Å². The second-order valence-corrected chi connectivity index (χ2v) is 5.38. The van der Waals surface area contributed by atoms with Crippen molar-refractivity contribution in [2.45, 2.75) is 26.7 Å². The Hall–Kier alpha value is -3.00. The van der Waals surface area contributed by atoms with Crippen LogP contribution in [0, 0.1) is 11.3 Å². The van der Waals surface area contributed by atoms with Gasteiger partial charge in [0.05, 0.1) is 30.5 Å². The minimum absolute atomic E-state index is 0.0982. The zero-order valence-corrected chi connectivity index (χ0v) is 14.5. The van der Waals surface area contributed by atoms with Gasteiger partial charge in [-0.25, -0.2) is 0 Å². The number of nitrogens with zero attached hydrogens (tertiary/aromatic N) is 1. The highest BCUT2D eigenvalue weighted by Crippen LogP contribution is 2.29. The van der Waals surface area contributed by atoms with Crippen molar-refractivity contribution in [1.82, 2.24) is 0 Å². The lowest BCUT2D eigenvalue weighted by molar-refractivity contribution is -0.116. The molecule has 5 heteroatoms. The summed E-state index contributed by atoms with van der Waals surface area (Å²) in [4.78, 5) is 12.3. The van der Waals surface area contributed by atoms with Crippen LogP contribution in [0.2, 0.25) is 0 Å². The molecule has 130 valence electrons. The predicted octanol–water partition coefficient (Wildman–Crippen LogP) is 3.93. The molecule has 25 heavy (non-hydrogen) atoms. The first kappa shape index (κ1) is 18.3. The van der Waals surface area contributed by atoms with Crippen molar-refractivity contribution in [3.8, 4) is 17.6 Å². The lowest BCUT2D eigenvalue weighted by Gasteiger charge is -2.13. The Morgan fingerprint density at radius 1 is 1.08 bits per heavy atom. The minimum Gasteiger partial charge on any atom is -0.494 e. The van der Waals surface area contributed by atoms with Crippen molar-refractivity contribution in [3.05, 3.63) is 53.6 Å². The first-order valence-corrected chi connectivity index (χ1v) is 8.34. The average Bonchev–Trinajstić information content (AvgIpc) is 2.63. The average molecular weight is 338 g/mol. The number of nitriles is 1. The van der Waals surface area contributed by atoms with Gasteiger partial charge in [0.25, 0.3) is 0 Å². The fraction of sp³-hybridized carbons (Fsp3) is 0.300. The molecule has 0 aliphatic rings. The van der Waals surface area contributed by atoms with Crippen molar-refractivity contribution in [3.63, 3.8) is 0 Å². The normalized spacial score (nSPS) is 9.96. The van der Waals surface area contributed by atoms with Gasteiger partial charge in [0, 0.05) is 12.5 Å². The molecule has 0 atom stereocenters. The van der Waals surface area contributed by atoms with Crippen molar-refractivity contribution in [2.75, 3.05) is 18.5 Å². The summed E-state index contributed by atoms with van der Waals surface area (Å²) >= 11 is 0. The monoisotopic (exact) mass is 338 g/mol. The Morgan fingerprint density at radius 3 is 2.44 bits per heavy atom. The fourth-order valence-corrected chi connectivity index (χ4v) is 2.36. The number of benzene rings is 2. The van der Waals surface area contributed by atoms with E-state index in [0.29, 0.717) is 48.8 Å². The van der Waals surface area contributed by atoms with Gasteiger partial charge in [-0.1, -0.05) is 12.1 Å². The van der Waals surface area contributed by atoms with Gasteiger partial charge in [-0.15, -0.1) is 0 Å². The lowest BCUT2D eigenvalue weighted by Crippen LogP contribution is -2.13. The van der Waals surface area contributed by atoms with E-state index >= 15 is 0 Å². The van der Waals surface area contributed by atoms with Crippen molar-refractivity contribution in [2.24, 2.45) is 0 Å². The molecule has 2 aromatic carbocycles. The van der Waals surface area contributed by atoms with E-state index < -0.39 is 0 Å². The Bertz CT molecular complexity index is 749. The van der Waals surface area contributed by atoms with E-state index in [9.17, 15) is 4.79 Å². The van der Waals surface area contributed by atoms with Gasteiger partial charge in [-0.2, -0.15) is 5.26 Å². The Kier molecular flexibility index (Phi) is 6.85. The van der Waals surface area contributed by atoms with Gasteiger partial charge in [0.2, 0.25) is 5.91 Å². The number of carbonyl (C=O) groups is 1. The summed E-state index contributed by atoms with van der Waals surface area (Å²) < 4.78 is 11.0. The van der Waals surface area contributed by atoms with Gasteiger partial charge in [-0.3, -0.25) is 4.79 Å². The van der Waals surface area contributed by atoms with Gasteiger partial charge in [0.15, 0.2) is 0 Å². The van der Waals surface area contributed by atoms with E-state index in [1.54, 1.807) is 24.3 Å². The molecule has 0 aliphatic heterocycles. The first-order chi connectivity index (χ1) is 12.2. The van der Waals surface area contributed by atoms with Crippen LogP contribution in [0.5, 0.6) is 11.5 Å². The van der Waals surface area contributed by atoms with E-state index in [-0.39, 0.29) is 5.91 Å². The lowest BCUT2D eigenvalue weighted by atomic mass is 10.1. The number of rotatable bonds is 8. The molecule has 0 saturated heterocycles. The second kappa shape index (κ2) is 9.33. The summed E-state index contributed by atoms with van der Waals surface area (Å²) in [5.74, 6) is 1.21. The van der Waals surface area contributed by atoms with E-state index in [1.807, 2.05) is 32.0 Å². The molecular weight excluding hydrogens is 316 g/mol. The highest BCUT2D eigenvalue weighted by atomic mass is 16.5. The third-order valence-electron chi connectivity index (χ3n) is 3.56. The largest absolute Gasteiger partial charge is 0.494 e. The zero-order chi connectivity index (χ0) is 18.1. The van der Waals surface area contributed by atoms with Crippen LogP contribution in [-0.4, -0.2) is 19.1 Å². The molecule has 2 aromatic rings. The van der Waals surface area contributed by atoms with Crippen LogP contribution in [0.15, 0.2) is 42.5 Å². The molecular formula is C20H22N2O3. The van der Waals surface area contributed by atoms with Crippen molar-refractivity contribution >= 4 is 11.6 Å². The molecule has 0 saturated carbocycles. The van der Waals surface area contributed by atoms with E-state index in [2.05, 4.69) is 11.4 Å². The number of aryl methyl sites for hydroxylation is 1. The minimum atomic E-state index is -0.0982. The Labute approximate surface area is 148 Å². The number of hydrogen-bond acceptors (Lipinski definition) is 4. The van der Waals surface area contributed by atoms with Gasteiger partial charge >= 0.3 is 0 Å². The predicted molar refractivity (Wildman–Crippen MR) is 96.9 cm³/mol. The van der Waals surface area contributed by atoms with Crippen LogP contribution >= 0.6 is 0 Å². The maximum Gasteiger partial charge on any atom is 0.224 e. The maximum absolute atomic E-state index is 12.3. The summed E-state index contributed by atoms with van der Waals surface area (Å²) in [6.45, 7) is 4.88. The van der Waals surface area contributed by atoms with Gasteiger partial charge < -0.3 is 14.8 Å². The van der Waals surface area contributed by atoms with Crippen molar-refractivity contribution in [1.29, 1.82) is 5.26 Å². The van der Waals surface area contributed by atoms with Crippen LogP contribution in [0.4, 0.5) is 5.69 Å². The molecule has 0 spiro atoms. The van der Waals surface area contributed by atoms with Crippen LogP contribution in [0.25, 0.3) is 0 Å². The SMILES string of the molecule is CCOc1ccc(OCC)c(NC(=O)CCc2ccc(C#N)cc2)c1. The van der Waals surface area contributed by atoms with E-state index in [0.717, 1.165) is 5.56 Å². The fourth-order valence-electron chi connectivity index (χ4n) is 2.36. The molecule has 1 N–H and O–H groups in total. The Morgan fingerprint density at radius 2 is 1.80 bits per heavy atom. The van der Waals surface area contributed by atoms with Crippen LogP contribution < -0.4 is 14.8 Å². The highest BCUT2D eigenvalue weighted by molar-refractivity contribution is 5.92. The summed E-state index contributed by atoms with van der Waals surface area (Å²) in [5.41, 5.74) is 2.24. The quantitative estimate of drug-likeness (QED) is 0.792. The smallest absolute Gasteiger partial charge is 0.224 e. The van der Waals surface area contributed by atoms with E-state index in [4.69, 9.17) is 14.7 Å².